The van der Waals surface area contributed by atoms with E-state index in [1.54, 1.807) is 18.5 Å². The molecule has 102 valence electrons. The molecule has 1 atom stereocenters. The third-order valence-electron chi connectivity index (χ3n) is 3.54. The fourth-order valence-corrected chi connectivity index (χ4v) is 2.58. The lowest BCUT2D eigenvalue weighted by Gasteiger charge is -2.28. The van der Waals surface area contributed by atoms with Crippen molar-refractivity contribution in [2.75, 3.05) is 0 Å². The normalized spacial score (nSPS) is 16.4. The van der Waals surface area contributed by atoms with E-state index in [0.29, 0.717) is 11.3 Å². The van der Waals surface area contributed by atoms with Crippen molar-refractivity contribution in [3.05, 3.63) is 59.4 Å². The maximum absolute atomic E-state index is 12.5. The van der Waals surface area contributed by atoms with Gasteiger partial charge in [-0.3, -0.25) is 9.78 Å². The van der Waals surface area contributed by atoms with Crippen molar-refractivity contribution < 1.29 is 9.53 Å². The van der Waals surface area contributed by atoms with Gasteiger partial charge in [-0.25, -0.2) is 0 Å². The van der Waals surface area contributed by atoms with Crippen molar-refractivity contribution in [3.63, 3.8) is 0 Å². The molecule has 3 heteroatoms. The van der Waals surface area contributed by atoms with Crippen LogP contribution >= 0.6 is 0 Å². The summed E-state index contributed by atoms with van der Waals surface area (Å²) in [6.45, 7) is 3.91. The Morgan fingerprint density at radius 2 is 2.10 bits per heavy atom. The number of carbonyl (C=O) groups is 1. The number of carbonyl (C=O) groups excluding carboxylic acids is 1. The maximum atomic E-state index is 12.5. The van der Waals surface area contributed by atoms with Crippen LogP contribution in [0.5, 0.6) is 5.75 Å². The Bertz CT molecular complexity index is 649. The first kappa shape index (κ1) is 12.9. The van der Waals surface area contributed by atoms with Gasteiger partial charge in [-0.05, 0) is 37.5 Å². The minimum atomic E-state index is -0.0256. The summed E-state index contributed by atoms with van der Waals surface area (Å²) in [6.07, 6.45) is 4.17. The van der Waals surface area contributed by atoms with Crippen LogP contribution in [0.25, 0.3) is 0 Å². The topological polar surface area (TPSA) is 39.2 Å². The number of nitrogens with zero attached hydrogens (tertiary/aromatic N) is 1. The van der Waals surface area contributed by atoms with Gasteiger partial charge in [-0.1, -0.05) is 24.3 Å². The lowest BCUT2D eigenvalue weighted by molar-refractivity contribution is 0.0948. The highest BCUT2D eigenvalue weighted by molar-refractivity contribution is 6.02. The molecule has 1 heterocycles. The van der Waals surface area contributed by atoms with Gasteiger partial charge in [0.05, 0.1) is 18.2 Å². The van der Waals surface area contributed by atoms with E-state index in [1.165, 1.54) is 5.56 Å². The fraction of sp³-hybridized carbons (Fsp3) is 0.294. The highest BCUT2D eigenvalue weighted by Gasteiger charge is 2.32. The zero-order valence-electron chi connectivity index (χ0n) is 11.7. The molecule has 0 aliphatic heterocycles. The molecule has 0 saturated heterocycles. The van der Waals surface area contributed by atoms with Crippen LogP contribution in [0.4, 0.5) is 0 Å². The molecule has 3 nitrogen and oxygen atoms in total. The Balaban J connectivity index is 1.82. The highest BCUT2D eigenvalue weighted by Crippen LogP contribution is 2.37. The standard InChI is InChI=1S/C17H17NO2/c1-11(2)20-14-7-13(9-18-10-14)17(19)16-8-12-5-3-4-6-15(12)16/h3-7,9-11,16H,8H2,1-2H3. The van der Waals surface area contributed by atoms with Crippen LogP contribution in [-0.2, 0) is 6.42 Å². The van der Waals surface area contributed by atoms with E-state index >= 15 is 0 Å². The second-order valence-electron chi connectivity index (χ2n) is 5.40. The van der Waals surface area contributed by atoms with Crippen molar-refractivity contribution in [3.8, 4) is 5.75 Å². The van der Waals surface area contributed by atoms with Crippen LogP contribution < -0.4 is 4.74 Å². The van der Waals surface area contributed by atoms with Gasteiger partial charge < -0.3 is 4.74 Å². The first-order valence-electron chi connectivity index (χ1n) is 6.89. The molecule has 0 saturated carbocycles. The van der Waals surface area contributed by atoms with Crippen molar-refractivity contribution in [2.24, 2.45) is 0 Å². The zero-order valence-corrected chi connectivity index (χ0v) is 11.7. The minimum Gasteiger partial charge on any atom is -0.489 e. The Hall–Kier alpha value is -2.16. The van der Waals surface area contributed by atoms with Crippen LogP contribution in [0.1, 0.15) is 41.3 Å². The predicted octanol–water partition coefficient (Wildman–Crippen LogP) is 3.39. The molecule has 0 radical (unpaired) electrons. The van der Waals surface area contributed by atoms with E-state index in [1.807, 2.05) is 32.0 Å². The van der Waals surface area contributed by atoms with Crippen molar-refractivity contribution >= 4 is 5.78 Å². The van der Waals surface area contributed by atoms with Gasteiger partial charge in [0.25, 0.3) is 0 Å². The lowest BCUT2D eigenvalue weighted by atomic mass is 9.74. The van der Waals surface area contributed by atoms with Crippen LogP contribution in [0.2, 0.25) is 0 Å². The number of hydrogen-bond donors (Lipinski definition) is 0. The summed E-state index contributed by atoms with van der Waals surface area (Å²) in [5.74, 6) is 0.756. The van der Waals surface area contributed by atoms with E-state index in [2.05, 4.69) is 11.1 Å². The molecule has 1 aromatic carbocycles. The molecule has 0 spiro atoms. The van der Waals surface area contributed by atoms with E-state index in [-0.39, 0.29) is 17.8 Å². The van der Waals surface area contributed by atoms with Gasteiger partial charge in [0.15, 0.2) is 5.78 Å². The molecular formula is C17H17NO2. The van der Waals surface area contributed by atoms with Gasteiger partial charge in [0.2, 0.25) is 0 Å². The number of pyridine rings is 1. The quantitative estimate of drug-likeness (QED) is 0.797. The predicted molar refractivity (Wildman–Crippen MR) is 77.2 cm³/mol. The molecule has 3 rings (SSSR count). The first-order chi connectivity index (χ1) is 9.65. The molecule has 1 unspecified atom stereocenters. The molecule has 0 fully saturated rings. The third-order valence-corrected chi connectivity index (χ3v) is 3.54. The van der Waals surface area contributed by atoms with Crippen molar-refractivity contribution in [2.45, 2.75) is 32.3 Å². The Labute approximate surface area is 118 Å². The van der Waals surface area contributed by atoms with Crippen molar-refractivity contribution in [1.82, 2.24) is 4.98 Å². The summed E-state index contributed by atoms with van der Waals surface area (Å²) >= 11 is 0. The number of benzene rings is 1. The minimum absolute atomic E-state index is 0.0256. The van der Waals surface area contributed by atoms with Crippen LogP contribution in [0.15, 0.2) is 42.7 Å². The number of ketones is 1. The molecule has 0 bridgehead atoms. The summed E-state index contributed by atoms with van der Waals surface area (Å²) in [6, 6.07) is 9.89. The Morgan fingerprint density at radius 3 is 2.85 bits per heavy atom. The average Bonchev–Trinajstić information content (AvgIpc) is 2.39. The Morgan fingerprint density at radius 1 is 1.30 bits per heavy atom. The number of Topliss-reactive ketones (excluding diaryl/α,β-unsaturated/α-hetero) is 1. The number of aromatic nitrogens is 1. The second kappa shape index (κ2) is 5.08. The summed E-state index contributed by atoms with van der Waals surface area (Å²) in [5, 5.41) is 0. The van der Waals surface area contributed by atoms with Gasteiger partial charge in [0, 0.05) is 11.8 Å². The monoisotopic (exact) mass is 267 g/mol. The molecule has 1 aliphatic rings. The SMILES string of the molecule is CC(C)Oc1cncc(C(=O)C2Cc3ccccc32)c1. The van der Waals surface area contributed by atoms with Gasteiger partial charge in [-0.15, -0.1) is 0 Å². The molecule has 1 aliphatic carbocycles. The summed E-state index contributed by atoms with van der Waals surface area (Å²) < 4.78 is 5.59. The largest absolute Gasteiger partial charge is 0.489 e. The van der Waals surface area contributed by atoms with Crippen LogP contribution in [-0.4, -0.2) is 16.9 Å². The van der Waals surface area contributed by atoms with Crippen LogP contribution in [0, 0.1) is 0 Å². The fourth-order valence-electron chi connectivity index (χ4n) is 2.58. The summed E-state index contributed by atoms with van der Waals surface area (Å²) in [7, 11) is 0. The van der Waals surface area contributed by atoms with Gasteiger partial charge >= 0.3 is 0 Å². The van der Waals surface area contributed by atoms with E-state index in [9.17, 15) is 4.79 Å². The highest BCUT2D eigenvalue weighted by atomic mass is 16.5. The smallest absolute Gasteiger partial charge is 0.172 e. The lowest BCUT2D eigenvalue weighted by Crippen LogP contribution is -2.25. The molecule has 0 amide bonds. The second-order valence-corrected chi connectivity index (χ2v) is 5.40. The number of fused-ring (bicyclic) bond motifs is 1. The molecule has 1 aromatic heterocycles. The van der Waals surface area contributed by atoms with Crippen LogP contribution in [0.3, 0.4) is 0 Å². The third kappa shape index (κ3) is 2.31. The average molecular weight is 267 g/mol. The molecule has 2 aromatic rings. The van der Waals surface area contributed by atoms with Gasteiger partial charge in [0.1, 0.15) is 5.75 Å². The Kier molecular flexibility index (Phi) is 3.26. The summed E-state index contributed by atoms with van der Waals surface area (Å²) in [5.41, 5.74) is 3.05. The number of ether oxygens (including phenoxy) is 1. The summed E-state index contributed by atoms with van der Waals surface area (Å²) in [4.78, 5) is 16.6. The van der Waals surface area contributed by atoms with E-state index in [4.69, 9.17) is 4.74 Å². The van der Waals surface area contributed by atoms with Gasteiger partial charge in [-0.2, -0.15) is 0 Å². The van der Waals surface area contributed by atoms with E-state index in [0.717, 1.165) is 12.0 Å². The number of hydrogen-bond acceptors (Lipinski definition) is 3. The molecule has 20 heavy (non-hydrogen) atoms. The first-order valence-corrected chi connectivity index (χ1v) is 6.89. The van der Waals surface area contributed by atoms with Crippen molar-refractivity contribution in [1.29, 1.82) is 0 Å². The number of rotatable bonds is 4. The maximum Gasteiger partial charge on any atom is 0.172 e. The zero-order chi connectivity index (χ0) is 14.1. The molecular weight excluding hydrogens is 250 g/mol. The van der Waals surface area contributed by atoms with E-state index < -0.39 is 0 Å². The molecule has 0 N–H and O–H groups in total.